The number of nitrogens with one attached hydrogen (secondary N) is 1. The van der Waals surface area contributed by atoms with Crippen molar-refractivity contribution < 1.29 is 4.79 Å². The molecule has 1 aliphatic heterocycles. The molecule has 1 heterocycles. The summed E-state index contributed by atoms with van der Waals surface area (Å²) in [5.41, 5.74) is 6.40. The number of hydrogen-bond donors (Lipinski definition) is 1. The van der Waals surface area contributed by atoms with Crippen LogP contribution in [0, 0.1) is 16.7 Å². The Morgan fingerprint density at radius 3 is 2.40 bits per heavy atom. The molecule has 4 rings (SSSR count). The Kier molecular flexibility index (Phi) is 4.43. The van der Waals surface area contributed by atoms with E-state index in [1.165, 1.54) is 35.6 Å². The van der Waals surface area contributed by atoms with Crippen molar-refractivity contribution in [2.75, 3.05) is 11.5 Å². The lowest BCUT2D eigenvalue weighted by Gasteiger charge is -2.34. The summed E-state index contributed by atoms with van der Waals surface area (Å²) in [6.07, 6.45) is 3.50. The Balaban J connectivity index is 1.44. The lowest BCUT2D eigenvalue weighted by atomic mass is 9.70. The van der Waals surface area contributed by atoms with Gasteiger partial charge in [0.15, 0.2) is 0 Å². The van der Waals surface area contributed by atoms with Gasteiger partial charge in [-0.05, 0) is 48.3 Å². The highest BCUT2D eigenvalue weighted by atomic mass is 32.2. The fourth-order valence-electron chi connectivity index (χ4n) is 4.62. The lowest BCUT2D eigenvalue weighted by Crippen LogP contribution is -2.34. The molecule has 0 spiro atoms. The van der Waals surface area contributed by atoms with Crippen LogP contribution in [0.15, 0.2) is 29.4 Å². The van der Waals surface area contributed by atoms with Crippen molar-refractivity contribution in [2.45, 2.75) is 44.6 Å². The number of carbonyl (C=O) groups excluding carboxylic acids is 1. The van der Waals surface area contributed by atoms with Gasteiger partial charge in [0, 0.05) is 28.2 Å². The fourth-order valence-corrected chi connectivity index (χ4v) is 7.48. The Morgan fingerprint density at radius 1 is 1.16 bits per heavy atom. The molecule has 1 saturated heterocycles. The molecule has 0 unspecified atom stereocenters. The van der Waals surface area contributed by atoms with E-state index in [-0.39, 0.29) is 16.7 Å². The third-order valence-corrected chi connectivity index (χ3v) is 9.98. The SMILES string of the molecule is CC1(C)[C@H]2CC[C@]1(C)/C(=N/NC(=O)c1ccc(C3SCCS3)cc1)C2. The lowest BCUT2D eigenvalue weighted by molar-refractivity contribution is 0.0954. The van der Waals surface area contributed by atoms with E-state index in [4.69, 9.17) is 0 Å². The largest absolute Gasteiger partial charge is 0.271 e. The number of benzene rings is 1. The molecule has 1 aromatic carbocycles. The van der Waals surface area contributed by atoms with Gasteiger partial charge >= 0.3 is 0 Å². The molecule has 134 valence electrons. The maximum atomic E-state index is 12.5. The summed E-state index contributed by atoms with van der Waals surface area (Å²) in [5.74, 6) is 3.03. The molecule has 2 saturated carbocycles. The Hall–Kier alpha value is -0.940. The molecule has 2 bridgehead atoms. The van der Waals surface area contributed by atoms with Crippen LogP contribution >= 0.6 is 23.5 Å². The molecule has 2 aliphatic carbocycles. The van der Waals surface area contributed by atoms with Gasteiger partial charge in [0.05, 0.1) is 4.58 Å². The summed E-state index contributed by atoms with van der Waals surface area (Å²) in [6, 6.07) is 8.02. The zero-order chi connectivity index (χ0) is 17.7. The van der Waals surface area contributed by atoms with Gasteiger partial charge in [-0.3, -0.25) is 4.79 Å². The quantitative estimate of drug-likeness (QED) is 0.749. The minimum Gasteiger partial charge on any atom is -0.267 e. The van der Waals surface area contributed by atoms with E-state index in [9.17, 15) is 4.79 Å². The minimum atomic E-state index is -0.102. The van der Waals surface area contributed by atoms with Crippen LogP contribution in [0.5, 0.6) is 0 Å². The fraction of sp³-hybridized carbons (Fsp3) is 0.600. The molecule has 2 atom stereocenters. The zero-order valence-corrected chi connectivity index (χ0v) is 16.8. The van der Waals surface area contributed by atoms with Gasteiger partial charge in [0.2, 0.25) is 0 Å². The number of amides is 1. The number of carbonyl (C=O) groups is 1. The van der Waals surface area contributed by atoms with Crippen molar-refractivity contribution in [1.82, 2.24) is 5.43 Å². The van der Waals surface area contributed by atoms with Gasteiger partial charge in [-0.2, -0.15) is 5.10 Å². The Labute approximate surface area is 158 Å². The van der Waals surface area contributed by atoms with E-state index in [0.717, 1.165) is 6.42 Å². The van der Waals surface area contributed by atoms with Crippen molar-refractivity contribution in [1.29, 1.82) is 0 Å². The molecule has 25 heavy (non-hydrogen) atoms. The molecule has 1 amide bonds. The van der Waals surface area contributed by atoms with Crippen molar-refractivity contribution in [3.63, 3.8) is 0 Å². The predicted octanol–water partition coefficient (Wildman–Crippen LogP) is 5.10. The van der Waals surface area contributed by atoms with Gasteiger partial charge in [-0.1, -0.05) is 32.9 Å². The number of fused-ring (bicyclic) bond motifs is 2. The molecular formula is C20H26N2OS2. The molecule has 3 nitrogen and oxygen atoms in total. The van der Waals surface area contributed by atoms with Crippen LogP contribution < -0.4 is 5.43 Å². The highest BCUT2D eigenvalue weighted by Crippen LogP contribution is 2.63. The number of hydrogen-bond acceptors (Lipinski definition) is 4. The maximum absolute atomic E-state index is 12.5. The Morgan fingerprint density at radius 2 is 1.84 bits per heavy atom. The molecule has 0 aromatic heterocycles. The number of thioether (sulfide) groups is 2. The summed E-state index contributed by atoms with van der Waals surface area (Å²) in [5, 5.41) is 4.56. The predicted molar refractivity (Wildman–Crippen MR) is 108 cm³/mol. The van der Waals surface area contributed by atoms with Crippen LogP contribution in [0.25, 0.3) is 0 Å². The number of nitrogens with zero attached hydrogens (tertiary/aromatic N) is 1. The van der Waals surface area contributed by atoms with Gasteiger partial charge in [0.1, 0.15) is 0 Å². The highest BCUT2D eigenvalue weighted by molar-refractivity contribution is 8.19. The van der Waals surface area contributed by atoms with Crippen LogP contribution in [0.2, 0.25) is 0 Å². The standard InChI is InChI=1S/C20H26N2OS2/c1-19(2)15-8-9-20(19,3)16(12-15)21-22-17(23)13-4-6-14(7-5-13)18-24-10-11-25-18/h4-7,15,18H,8-12H2,1-3H3,(H,22,23)/b21-16+/t15-,20+/m0/s1. The molecule has 3 aliphatic rings. The number of rotatable bonds is 3. The van der Waals surface area contributed by atoms with Crippen molar-refractivity contribution in [3.05, 3.63) is 35.4 Å². The second-order valence-electron chi connectivity index (χ2n) is 8.19. The molecule has 1 N–H and O–H groups in total. The normalized spacial score (nSPS) is 32.4. The third-order valence-electron chi connectivity index (χ3n) is 6.87. The first kappa shape index (κ1) is 17.5. The van der Waals surface area contributed by atoms with Crippen LogP contribution in [0.4, 0.5) is 0 Å². The average molecular weight is 375 g/mol. The van der Waals surface area contributed by atoms with Crippen molar-refractivity contribution in [2.24, 2.45) is 21.8 Å². The molecule has 1 aromatic rings. The summed E-state index contributed by atoms with van der Waals surface area (Å²) in [7, 11) is 0. The molecular weight excluding hydrogens is 348 g/mol. The van der Waals surface area contributed by atoms with Crippen molar-refractivity contribution in [3.8, 4) is 0 Å². The summed E-state index contributed by atoms with van der Waals surface area (Å²) < 4.78 is 0.522. The van der Waals surface area contributed by atoms with Crippen LogP contribution in [-0.2, 0) is 0 Å². The molecule has 3 fully saturated rings. The minimum absolute atomic E-state index is 0.102. The second kappa shape index (κ2) is 6.34. The van der Waals surface area contributed by atoms with Gasteiger partial charge in [0.25, 0.3) is 5.91 Å². The topological polar surface area (TPSA) is 41.5 Å². The average Bonchev–Trinajstić information content (AvgIpc) is 3.26. The second-order valence-corrected chi connectivity index (χ2v) is 10.9. The zero-order valence-electron chi connectivity index (χ0n) is 15.2. The van der Waals surface area contributed by atoms with Gasteiger partial charge < -0.3 is 0 Å². The smallest absolute Gasteiger partial charge is 0.267 e. The Bertz CT molecular complexity index is 707. The summed E-state index contributed by atoms with van der Waals surface area (Å²) >= 11 is 3.97. The van der Waals surface area contributed by atoms with Gasteiger partial charge in [-0.25, -0.2) is 5.43 Å². The molecule has 5 heteroatoms. The van der Waals surface area contributed by atoms with Crippen LogP contribution in [0.1, 0.15) is 60.5 Å². The molecule has 0 radical (unpaired) electrons. The van der Waals surface area contributed by atoms with Gasteiger partial charge in [-0.15, -0.1) is 23.5 Å². The monoisotopic (exact) mass is 374 g/mol. The summed E-state index contributed by atoms with van der Waals surface area (Å²) in [4.78, 5) is 12.5. The summed E-state index contributed by atoms with van der Waals surface area (Å²) in [6.45, 7) is 7.02. The van der Waals surface area contributed by atoms with E-state index in [1.54, 1.807) is 0 Å². The van der Waals surface area contributed by atoms with E-state index < -0.39 is 0 Å². The maximum Gasteiger partial charge on any atom is 0.271 e. The number of hydrazone groups is 1. The van der Waals surface area contributed by atoms with E-state index >= 15 is 0 Å². The first-order chi connectivity index (χ1) is 11.9. The van der Waals surface area contributed by atoms with E-state index in [2.05, 4.69) is 43.4 Å². The van der Waals surface area contributed by atoms with Crippen LogP contribution in [0.3, 0.4) is 0 Å². The van der Waals surface area contributed by atoms with E-state index in [1.807, 2.05) is 35.7 Å². The highest BCUT2D eigenvalue weighted by Gasteiger charge is 2.60. The van der Waals surface area contributed by atoms with Crippen molar-refractivity contribution >= 4 is 35.1 Å². The first-order valence-corrected chi connectivity index (χ1v) is 11.2. The first-order valence-electron chi connectivity index (χ1n) is 9.12. The van der Waals surface area contributed by atoms with Crippen LogP contribution in [-0.4, -0.2) is 23.1 Å². The van der Waals surface area contributed by atoms with E-state index in [0.29, 0.717) is 16.1 Å². The third kappa shape index (κ3) is 2.84.